The smallest absolute Gasteiger partial charge is 0.252 e. The highest BCUT2D eigenvalue weighted by atomic mass is 16.1. The van der Waals surface area contributed by atoms with Gasteiger partial charge in [-0.25, -0.2) is 0 Å². The number of aromatic amines is 1. The molecule has 1 aromatic heterocycles. The van der Waals surface area contributed by atoms with E-state index in [0.717, 1.165) is 29.0 Å². The maximum absolute atomic E-state index is 12.2. The van der Waals surface area contributed by atoms with E-state index in [0.29, 0.717) is 6.54 Å². The summed E-state index contributed by atoms with van der Waals surface area (Å²) in [5, 5.41) is 0. The standard InChI is InChI=1S/C17H24N2O/c1-10-2-15(14(9-18)16(20)19-10)17-6-11-3-12(7-17)5-13(4-11)8-17/h2,11-13H,3-9,18H2,1H3,(H,19,20). The molecule has 3 heteroatoms. The maximum atomic E-state index is 12.2. The first-order chi connectivity index (χ1) is 9.59. The number of hydrogen-bond donors (Lipinski definition) is 2. The van der Waals surface area contributed by atoms with Crippen molar-refractivity contribution in [3.05, 3.63) is 33.2 Å². The minimum atomic E-state index is 0.0400. The Labute approximate surface area is 120 Å². The lowest BCUT2D eigenvalue weighted by Crippen LogP contribution is -2.49. The predicted molar refractivity (Wildman–Crippen MR) is 79.5 cm³/mol. The van der Waals surface area contributed by atoms with Crippen molar-refractivity contribution in [3.8, 4) is 0 Å². The van der Waals surface area contributed by atoms with Gasteiger partial charge in [0.1, 0.15) is 0 Å². The molecule has 4 fully saturated rings. The SMILES string of the molecule is Cc1cc(C23CC4CC(CC(C4)C2)C3)c(CN)c(=O)[nH]1. The second-order valence-corrected chi connectivity index (χ2v) is 7.58. The van der Waals surface area contributed by atoms with E-state index in [-0.39, 0.29) is 11.0 Å². The normalized spacial score (nSPS) is 38.4. The monoisotopic (exact) mass is 272 g/mol. The van der Waals surface area contributed by atoms with E-state index in [2.05, 4.69) is 11.1 Å². The summed E-state index contributed by atoms with van der Waals surface area (Å²) in [4.78, 5) is 15.2. The maximum Gasteiger partial charge on any atom is 0.252 e. The molecule has 0 atom stereocenters. The average Bonchev–Trinajstić information content (AvgIpc) is 2.36. The Morgan fingerprint density at radius 1 is 1.20 bits per heavy atom. The molecule has 4 aliphatic rings. The molecule has 0 radical (unpaired) electrons. The van der Waals surface area contributed by atoms with Crippen LogP contribution in [-0.2, 0) is 12.0 Å². The lowest BCUT2D eigenvalue weighted by molar-refractivity contribution is -0.00569. The van der Waals surface area contributed by atoms with Gasteiger partial charge in [0.05, 0.1) is 0 Å². The van der Waals surface area contributed by atoms with E-state index in [4.69, 9.17) is 5.73 Å². The van der Waals surface area contributed by atoms with Gasteiger partial charge in [0.2, 0.25) is 0 Å². The lowest BCUT2D eigenvalue weighted by atomic mass is 9.47. The summed E-state index contributed by atoms with van der Waals surface area (Å²) in [7, 11) is 0. The fourth-order valence-corrected chi connectivity index (χ4v) is 5.83. The molecular weight excluding hydrogens is 248 g/mol. The van der Waals surface area contributed by atoms with Gasteiger partial charge >= 0.3 is 0 Å². The molecule has 0 unspecified atom stereocenters. The molecule has 0 amide bonds. The molecule has 0 spiro atoms. The first-order valence-electron chi connectivity index (χ1n) is 8.03. The topological polar surface area (TPSA) is 58.9 Å². The molecule has 3 nitrogen and oxygen atoms in total. The van der Waals surface area contributed by atoms with Crippen LogP contribution in [0.15, 0.2) is 10.9 Å². The second kappa shape index (κ2) is 4.20. The zero-order valence-corrected chi connectivity index (χ0v) is 12.2. The van der Waals surface area contributed by atoms with E-state index in [1.54, 1.807) is 0 Å². The summed E-state index contributed by atoms with van der Waals surface area (Å²) >= 11 is 0. The third-order valence-electron chi connectivity index (χ3n) is 6.08. The van der Waals surface area contributed by atoms with Crippen molar-refractivity contribution in [2.45, 2.75) is 57.4 Å². The van der Waals surface area contributed by atoms with Crippen LogP contribution < -0.4 is 11.3 Å². The Balaban J connectivity index is 1.86. The van der Waals surface area contributed by atoms with Gasteiger partial charge in [-0.2, -0.15) is 0 Å². The van der Waals surface area contributed by atoms with E-state index in [9.17, 15) is 4.79 Å². The quantitative estimate of drug-likeness (QED) is 0.869. The van der Waals surface area contributed by atoms with E-state index >= 15 is 0 Å². The van der Waals surface area contributed by atoms with Gasteiger partial charge < -0.3 is 10.7 Å². The van der Waals surface area contributed by atoms with Crippen molar-refractivity contribution in [1.29, 1.82) is 0 Å². The van der Waals surface area contributed by atoms with Crippen LogP contribution in [0.25, 0.3) is 0 Å². The predicted octanol–water partition coefficient (Wildman–Crippen LogP) is 2.61. The molecule has 4 bridgehead atoms. The van der Waals surface area contributed by atoms with Crippen LogP contribution in [0.4, 0.5) is 0 Å². The molecule has 0 aromatic carbocycles. The Kier molecular flexibility index (Phi) is 2.65. The van der Waals surface area contributed by atoms with Gasteiger partial charge in [-0.3, -0.25) is 4.79 Å². The van der Waals surface area contributed by atoms with Gasteiger partial charge in [-0.1, -0.05) is 0 Å². The van der Waals surface area contributed by atoms with Crippen LogP contribution in [0.5, 0.6) is 0 Å². The van der Waals surface area contributed by atoms with Crippen molar-refractivity contribution < 1.29 is 0 Å². The number of nitrogens with one attached hydrogen (secondary N) is 1. The van der Waals surface area contributed by atoms with Crippen LogP contribution in [0.3, 0.4) is 0 Å². The minimum absolute atomic E-state index is 0.0400. The van der Waals surface area contributed by atoms with Gasteiger partial charge in [0.15, 0.2) is 0 Å². The number of aromatic nitrogens is 1. The highest BCUT2D eigenvalue weighted by molar-refractivity contribution is 5.36. The second-order valence-electron chi connectivity index (χ2n) is 7.58. The molecule has 4 saturated carbocycles. The van der Waals surface area contributed by atoms with Crippen molar-refractivity contribution in [2.75, 3.05) is 0 Å². The van der Waals surface area contributed by atoms with Crippen LogP contribution in [0.1, 0.15) is 55.3 Å². The van der Waals surface area contributed by atoms with Gasteiger partial charge in [-0.05, 0) is 80.2 Å². The van der Waals surface area contributed by atoms with Crippen LogP contribution >= 0.6 is 0 Å². The molecular formula is C17H24N2O. The number of nitrogens with two attached hydrogens (primary N) is 1. The van der Waals surface area contributed by atoms with Crippen molar-refractivity contribution in [2.24, 2.45) is 23.5 Å². The van der Waals surface area contributed by atoms with Gasteiger partial charge in [0, 0.05) is 17.8 Å². The highest BCUT2D eigenvalue weighted by Crippen LogP contribution is 2.60. The zero-order valence-electron chi connectivity index (χ0n) is 12.2. The van der Waals surface area contributed by atoms with E-state index in [1.165, 1.54) is 44.1 Å². The number of hydrogen-bond acceptors (Lipinski definition) is 2. The van der Waals surface area contributed by atoms with Gasteiger partial charge in [-0.15, -0.1) is 0 Å². The Morgan fingerprint density at radius 2 is 1.75 bits per heavy atom. The Morgan fingerprint density at radius 3 is 2.25 bits per heavy atom. The molecule has 1 aromatic rings. The number of aryl methyl sites for hydroxylation is 1. The third-order valence-corrected chi connectivity index (χ3v) is 6.08. The molecule has 0 saturated heterocycles. The summed E-state index contributed by atoms with van der Waals surface area (Å²) in [6, 6.07) is 2.22. The van der Waals surface area contributed by atoms with Crippen LogP contribution in [0.2, 0.25) is 0 Å². The number of rotatable bonds is 2. The summed E-state index contributed by atoms with van der Waals surface area (Å²) in [5.74, 6) is 2.68. The first kappa shape index (κ1) is 12.6. The molecule has 0 aliphatic heterocycles. The fraction of sp³-hybridized carbons (Fsp3) is 0.706. The average molecular weight is 272 g/mol. The third kappa shape index (κ3) is 1.72. The number of pyridine rings is 1. The van der Waals surface area contributed by atoms with Gasteiger partial charge in [0.25, 0.3) is 5.56 Å². The summed E-state index contributed by atoms with van der Waals surface area (Å²) < 4.78 is 0. The summed E-state index contributed by atoms with van der Waals surface area (Å²) in [6.45, 7) is 2.36. The van der Waals surface area contributed by atoms with Crippen molar-refractivity contribution in [3.63, 3.8) is 0 Å². The Hall–Kier alpha value is -1.09. The van der Waals surface area contributed by atoms with Crippen molar-refractivity contribution >= 4 is 0 Å². The zero-order chi connectivity index (χ0) is 13.9. The lowest BCUT2D eigenvalue weighted by Gasteiger charge is -2.57. The largest absolute Gasteiger partial charge is 0.326 e. The summed E-state index contributed by atoms with van der Waals surface area (Å²) in [6.07, 6.45) is 8.15. The molecule has 20 heavy (non-hydrogen) atoms. The first-order valence-corrected chi connectivity index (χ1v) is 8.03. The molecule has 108 valence electrons. The number of H-pyrrole nitrogens is 1. The highest BCUT2D eigenvalue weighted by Gasteiger charge is 2.52. The summed E-state index contributed by atoms with van der Waals surface area (Å²) in [5.41, 5.74) is 9.33. The molecule has 3 N–H and O–H groups in total. The minimum Gasteiger partial charge on any atom is -0.326 e. The van der Waals surface area contributed by atoms with Crippen LogP contribution in [0, 0.1) is 24.7 Å². The fourth-order valence-electron chi connectivity index (χ4n) is 5.83. The molecule has 1 heterocycles. The van der Waals surface area contributed by atoms with E-state index < -0.39 is 0 Å². The van der Waals surface area contributed by atoms with Crippen molar-refractivity contribution in [1.82, 2.24) is 4.98 Å². The van der Waals surface area contributed by atoms with Crippen LogP contribution in [-0.4, -0.2) is 4.98 Å². The Bertz CT molecular complexity index is 566. The molecule has 4 aliphatic carbocycles. The van der Waals surface area contributed by atoms with E-state index in [1.807, 2.05) is 6.92 Å². The molecule has 5 rings (SSSR count).